The first-order chi connectivity index (χ1) is 11.2. The number of para-hydroxylation sites is 2. The number of rotatable bonds is 2. The van der Waals surface area contributed by atoms with Gasteiger partial charge in [0.15, 0.2) is 11.5 Å². The summed E-state index contributed by atoms with van der Waals surface area (Å²) in [5.74, 6) is 0.270. The highest BCUT2D eigenvalue weighted by molar-refractivity contribution is 6.04. The minimum atomic E-state index is -0.317. The fraction of sp³-hybridized carbons (Fsp3) is 0.0588. The number of aryl methyl sites for hydroxylation is 1. The molecule has 2 heterocycles. The van der Waals surface area contributed by atoms with Crippen LogP contribution in [0, 0.1) is 6.92 Å². The Kier molecular flexibility index (Phi) is 3.01. The minimum absolute atomic E-state index is 0.264. The Morgan fingerprint density at radius 3 is 2.74 bits per heavy atom. The van der Waals surface area contributed by atoms with E-state index in [1.54, 1.807) is 25.1 Å². The number of hydrogen-bond donors (Lipinski definition) is 1. The molecule has 0 saturated carbocycles. The van der Waals surface area contributed by atoms with Crippen molar-refractivity contribution in [1.82, 2.24) is 15.0 Å². The molecule has 0 fully saturated rings. The van der Waals surface area contributed by atoms with Crippen LogP contribution in [-0.2, 0) is 0 Å². The van der Waals surface area contributed by atoms with Crippen molar-refractivity contribution in [1.29, 1.82) is 0 Å². The Morgan fingerprint density at radius 1 is 1.04 bits per heavy atom. The second-order valence-electron chi connectivity index (χ2n) is 5.11. The highest BCUT2D eigenvalue weighted by Crippen LogP contribution is 2.20. The second kappa shape index (κ2) is 5.17. The van der Waals surface area contributed by atoms with Crippen molar-refractivity contribution >= 4 is 33.7 Å². The molecule has 0 saturated heterocycles. The van der Waals surface area contributed by atoms with Gasteiger partial charge in [-0.1, -0.05) is 12.1 Å². The van der Waals surface area contributed by atoms with Gasteiger partial charge in [-0.05, 0) is 30.3 Å². The molecule has 0 aliphatic carbocycles. The average molecular weight is 304 g/mol. The van der Waals surface area contributed by atoms with Crippen LogP contribution in [0.5, 0.6) is 0 Å². The Hall–Kier alpha value is -3.28. The molecule has 4 rings (SSSR count). The molecule has 6 nitrogen and oxygen atoms in total. The number of aromatic nitrogens is 3. The summed E-state index contributed by atoms with van der Waals surface area (Å²) < 4.78 is 5.41. The molecule has 0 aliphatic heterocycles. The SMILES string of the molecule is Cc1nc2cc(NC(=O)c3cnc4ccccc4n3)ccc2o1. The van der Waals surface area contributed by atoms with Crippen LogP contribution in [0.3, 0.4) is 0 Å². The number of oxazole rings is 1. The van der Waals surface area contributed by atoms with E-state index >= 15 is 0 Å². The van der Waals surface area contributed by atoms with Gasteiger partial charge in [-0.25, -0.2) is 9.97 Å². The van der Waals surface area contributed by atoms with Crippen LogP contribution in [0.1, 0.15) is 16.4 Å². The number of carbonyl (C=O) groups is 1. The van der Waals surface area contributed by atoms with Gasteiger partial charge in [-0.3, -0.25) is 9.78 Å². The summed E-state index contributed by atoms with van der Waals surface area (Å²) in [6, 6.07) is 12.7. The molecular weight excluding hydrogens is 292 g/mol. The number of hydrogen-bond acceptors (Lipinski definition) is 5. The first kappa shape index (κ1) is 13.4. The van der Waals surface area contributed by atoms with Crippen LogP contribution >= 0.6 is 0 Å². The van der Waals surface area contributed by atoms with Crippen LogP contribution in [0.15, 0.2) is 53.1 Å². The number of anilines is 1. The molecular formula is C17H12N4O2. The third-order valence-corrected chi connectivity index (χ3v) is 3.43. The van der Waals surface area contributed by atoms with E-state index < -0.39 is 0 Å². The summed E-state index contributed by atoms with van der Waals surface area (Å²) in [5, 5.41) is 2.80. The molecule has 4 aromatic rings. The standard InChI is InChI=1S/C17H12N4O2/c1-10-19-14-8-11(6-7-16(14)23-10)20-17(22)15-9-18-12-4-2-3-5-13(12)21-15/h2-9H,1H3,(H,20,22). The lowest BCUT2D eigenvalue weighted by atomic mass is 10.2. The summed E-state index contributed by atoms with van der Waals surface area (Å²) in [4.78, 5) is 25.2. The smallest absolute Gasteiger partial charge is 0.275 e. The van der Waals surface area contributed by atoms with Crippen molar-refractivity contribution in [3.05, 3.63) is 60.2 Å². The van der Waals surface area contributed by atoms with E-state index in [0.717, 1.165) is 5.52 Å². The molecule has 6 heteroatoms. The van der Waals surface area contributed by atoms with Crippen LogP contribution in [0.4, 0.5) is 5.69 Å². The first-order valence-electron chi connectivity index (χ1n) is 7.09. The van der Waals surface area contributed by atoms with Gasteiger partial charge < -0.3 is 9.73 Å². The van der Waals surface area contributed by atoms with Gasteiger partial charge in [0, 0.05) is 12.6 Å². The maximum absolute atomic E-state index is 12.3. The lowest BCUT2D eigenvalue weighted by Gasteiger charge is -2.05. The van der Waals surface area contributed by atoms with E-state index in [2.05, 4.69) is 20.3 Å². The normalized spacial score (nSPS) is 11.0. The zero-order chi connectivity index (χ0) is 15.8. The van der Waals surface area contributed by atoms with Gasteiger partial charge in [0.25, 0.3) is 5.91 Å². The first-order valence-corrected chi connectivity index (χ1v) is 7.09. The molecule has 1 amide bonds. The van der Waals surface area contributed by atoms with Gasteiger partial charge in [0.05, 0.1) is 17.2 Å². The number of nitrogens with zero attached hydrogens (tertiary/aromatic N) is 3. The molecule has 23 heavy (non-hydrogen) atoms. The topological polar surface area (TPSA) is 80.9 Å². The highest BCUT2D eigenvalue weighted by Gasteiger charge is 2.11. The summed E-state index contributed by atoms with van der Waals surface area (Å²) >= 11 is 0. The monoisotopic (exact) mass is 304 g/mol. The van der Waals surface area contributed by atoms with Crippen molar-refractivity contribution < 1.29 is 9.21 Å². The van der Waals surface area contributed by atoms with E-state index in [0.29, 0.717) is 28.2 Å². The largest absolute Gasteiger partial charge is 0.441 e. The van der Waals surface area contributed by atoms with Gasteiger partial charge in [-0.15, -0.1) is 0 Å². The van der Waals surface area contributed by atoms with Crippen molar-refractivity contribution in [2.24, 2.45) is 0 Å². The maximum atomic E-state index is 12.3. The molecule has 0 atom stereocenters. The molecule has 2 aromatic heterocycles. The van der Waals surface area contributed by atoms with Crippen molar-refractivity contribution in [3.8, 4) is 0 Å². The zero-order valence-corrected chi connectivity index (χ0v) is 12.3. The summed E-state index contributed by atoms with van der Waals surface area (Å²) in [7, 11) is 0. The third kappa shape index (κ3) is 2.50. The molecule has 0 bridgehead atoms. The predicted molar refractivity (Wildman–Crippen MR) is 86.2 cm³/mol. The number of fused-ring (bicyclic) bond motifs is 2. The number of carbonyl (C=O) groups excluding carboxylic acids is 1. The molecule has 2 aromatic carbocycles. The Morgan fingerprint density at radius 2 is 1.87 bits per heavy atom. The fourth-order valence-electron chi connectivity index (χ4n) is 2.38. The predicted octanol–water partition coefficient (Wildman–Crippen LogP) is 3.33. The molecule has 1 N–H and O–H groups in total. The highest BCUT2D eigenvalue weighted by atomic mass is 16.3. The van der Waals surface area contributed by atoms with Crippen LogP contribution in [0.25, 0.3) is 22.1 Å². The Labute approximate surface area is 131 Å². The average Bonchev–Trinajstić information content (AvgIpc) is 2.93. The quantitative estimate of drug-likeness (QED) is 0.614. The lowest BCUT2D eigenvalue weighted by Crippen LogP contribution is -2.14. The summed E-state index contributed by atoms with van der Waals surface area (Å²) in [6.07, 6.45) is 1.47. The van der Waals surface area contributed by atoms with Gasteiger partial charge in [0.2, 0.25) is 0 Å². The van der Waals surface area contributed by atoms with E-state index in [1.165, 1.54) is 6.20 Å². The van der Waals surface area contributed by atoms with E-state index in [4.69, 9.17) is 4.42 Å². The Balaban J connectivity index is 1.64. The van der Waals surface area contributed by atoms with Crippen LogP contribution in [0.2, 0.25) is 0 Å². The maximum Gasteiger partial charge on any atom is 0.275 e. The number of benzene rings is 2. The second-order valence-corrected chi connectivity index (χ2v) is 5.11. The van der Waals surface area contributed by atoms with Gasteiger partial charge in [-0.2, -0.15) is 0 Å². The number of nitrogens with one attached hydrogen (secondary N) is 1. The summed E-state index contributed by atoms with van der Waals surface area (Å²) in [6.45, 7) is 1.78. The van der Waals surface area contributed by atoms with Crippen molar-refractivity contribution in [2.45, 2.75) is 6.92 Å². The molecule has 0 unspecified atom stereocenters. The summed E-state index contributed by atoms with van der Waals surface area (Å²) in [5.41, 5.74) is 3.72. The lowest BCUT2D eigenvalue weighted by molar-refractivity contribution is 0.102. The fourth-order valence-corrected chi connectivity index (χ4v) is 2.38. The van der Waals surface area contributed by atoms with E-state index in [1.807, 2.05) is 24.3 Å². The molecule has 0 aliphatic rings. The number of amides is 1. The van der Waals surface area contributed by atoms with Crippen molar-refractivity contribution in [3.63, 3.8) is 0 Å². The Bertz CT molecular complexity index is 1040. The zero-order valence-electron chi connectivity index (χ0n) is 12.3. The van der Waals surface area contributed by atoms with Crippen molar-refractivity contribution in [2.75, 3.05) is 5.32 Å². The molecule has 112 valence electrons. The van der Waals surface area contributed by atoms with Gasteiger partial charge >= 0.3 is 0 Å². The minimum Gasteiger partial charge on any atom is -0.441 e. The van der Waals surface area contributed by atoms with E-state index in [9.17, 15) is 4.79 Å². The molecule has 0 spiro atoms. The van der Waals surface area contributed by atoms with Crippen LogP contribution in [-0.4, -0.2) is 20.9 Å². The third-order valence-electron chi connectivity index (χ3n) is 3.43. The van der Waals surface area contributed by atoms with Gasteiger partial charge in [0.1, 0.15) is 11.2 Å². The van der Waals surface area contributed by atoms with Crippen LogP contribution < -0.4 is 5.32 Å². The van der Waals surface area contributed by atoms with E-state index in [-0.39, 0.29) is 11.6 Å². The molecule has 0 radical (unpaired) electrons.